The number of methoxy groups -OCH3 is 1. The molecule has 0 saturated carbocycles. The second-order valence-electron chi connectivity index (χ2n) is 5.45. The summed E-state index contributed by atoms with van der Waals surface area (Å²) >= 11 is 0. The predicted octanol–water partition coefficient (Wildman–Crippen LogP) is 4.83. The van der Waals surface area contributed by atoms with Crippen molar-refractivity contribution in [2.45, 2.75) is 25.2 Å². The molecule has 0 amide bonds. The van der Waals surface area contributed by atoms with Crippen molar-refractivity contribution in [2.24, 2.45) is 0 Å². The van der Waals surface area contributed by atoms with Gasteiger partial charge in [0, 0.05) is 5.41 Å². The molecular weight excluding hydrogens is 244 g/mol. The summed E-state index contributed by atoms with van der Waals surface area (Å²) in [6.45, 7) is 2.27. The number of benzene rings is 2. The van der Waals surface area contributed by atoms with E-state index in [1.807, 2.05) is 6.07 Å². The lowest BCUT2D eigenvalue weighted by atomic mass is 9.63. The molecule has 1 aliphatic carbocycles. The summed E-state index contributed by atoms with van der Waals surface area (Å²) < 4.78 is 5.31. The number of ether oxygens (including phenoxy) is 1. The second-order valence-corrected chi connectivity index (χ2v) is 5.45. The molecule has 2 aromatic carbocycles. The molecule has 2 aromatic rings. The predicted molar refractivity (Wildman–Crippen MR) is 84.0 cm³/mol. The number of hydrogen-bond donors (Lipinski definition) is 0. The first-order chi connectivity index (χ1) is 9.77. The third kappa shape index (κ3) is 2.14. The molecule has 1 nitrogen and oxygen atoms in total. The van der Waals surface area contributed by atoms with E-state index < -0.39 is 0 Å². The summed E-state index contributed by atoms with van der Waals surface area (Å²) in [5.74, 6) is 0.928. The standard InChI is InChI=1S/C19H20O/c1-3-19(17-9-5-4-6-10-17)13-16(14-19)15-8-7-11-18(12-15)20-2/h4-13H,3,14H2,1-2H3/t19-/m0/s1. The highest BCUT2D eigenvalue weighted by molar-refractivity contribution is 5.76. The highest BCUT2D eigenvalue weighted by atomic mass is 16.5. The van der Waals surface area contributed by atoms with Crippen LogP contribution in [-0.4, -0.2) is 7.11 Å². The summed E-state index contributed by atoms with van der Waals surface area (Å²) in [6.07, 6.45) is 4.68. The third-order valence-electron chi connectivity index (χ3n) is 4.38. The van der Waals surface area contributed by atoms with Crippen molar-refractivity contribution >= 4 is 5.57 Å². The van der Waals surface area contributed by atoms with E-state index in [0.717, 1.165) is 18.6 Å². The first kappa shape index (κ1) is 13.0. The highest BCUT2D eigenvalue weighted by Gasteiger charge is 2.36. The summed E-state index contributed by atoms with van der Waals surface area (Å²) in [5, 5.41) is 0. The molecule has 0 fully saturated rings. The maximum absolute atomic E-state index is 5.31. The first-order valence-corrected chi connectivity index (χ1v) is 7.19. The lowest BCUT2D eigenvalue weighted by Crippen LogP contribution is -2.30. The molecule has 0 aromatic heterocycles. The molecule has 1 aliphatic rings. The van der Waals surface area contributed by atoms with Gasteiger partial charge in [-0.3, -0.25) is 0 Å². The van der Waals surface area contributed by atoms with E-state index in [1.54, 1.807) is 7.11 Å². The molecule has 0 unspecified atom stereocenters. The Morgan fingerprint density at radius 2 is 1.80 bits per heavy atom. The smallest absolute Gasteiger partial charge is 0.119 e. The van der Waals surface area contributed by atoms with Crippen LogP contribution in [0.1, 0.15) is 30.9 Å². The molecule has 0 saturated heterocycles. The molecule has 1 atom stereocenters. The van der Waals surface area contributed by atoms with Crippen LogP contribution < -0.4 is 4.74 Å². The molecule has 0 heterocycles. The van der Waals surface area contributed by atoms with Crippen LogP contribution in [0, 0.1) is 0 Å². The van der Waals surface area contributed by atoms with E-state index in [-0.39, 0.29) is 5.41 Å². The minimum atomic E-state index is 0.222. The minimum absolute atomic E-state index is 0.222. The van der Waals surface area contributed by atoms with Gasteiger partial charge in [0.2, 0.25) is 0 Å². The Morgan fingerprint density at radius 1 is 1.05 bits per heavy atom. The fraction of sp³-hybridized carbons (Fsp3) is 0.263. The molecule has 1 heteroatoms. The Bertz CT molecular complexity index is 627. The lowest BCUT2D eigenvalue weighted by Gasteiger charge is -2.40. The first-order valence-electron chi connectivity index (χ1n) is 7.19. The van der Waals surface area contributed by atoms with Crippen LogP contribution in [0.3, 0.4) is 0 Å². The zero-order chi connectivity index (χ0) is 14.0. The van der Waals surface area contributed by atoms with Gasteiger partial charge in [-0.25, -0.2) is 0 Å². The minimum Gasteiger partial charge on any atom is -0.497 e. The van der Waals surface area contributed by atoms with Gasteiger partial charge in [0.1, 0.15) is 5.75 Å². The molecule has 0 spiro atoms. The van der Waals surface area contributed by atoms with Crippen molar-refractivity contribution in [2.75, 3.05) is 7.11 Å². The van der Waals surface area contributed by atoms with E-state index in [4.69, 9.17) is 4.74 Å². The van der Waals surface area contributed by atoms with E-state index in [1.165, 1.54) is 16.7 Å². The van der Waals surface area contributed by atoms with Gasteiger partial charge in [-0.2, -0.15) is 0 Å². The lowest BCUT2D eigenvalue weighted by molar-refractivity contribution is 0.414. The average molecular weight is 264 g/mol. The van der Waals surface area contributed by atoms with Gasteiger partial charge in [-0.05, 0) is 41.7 Å². The monoisotopic (exact) mass is 264 g/mol. The maximum atomic E-state index is 5.31. The quantitative estimate of drug-likeness (QED) is 0.768. The van der Waals surface area contributed by atoms with Crippen molar-refractivity contribution in [1.82, 2.24) is 0 Å². The van der Waals surface area contributed by atoms with Crippen molar-refractivity contribution in [1.29, 1.82) is 0 Å². The third-order valence-corrected chi connectivity index (χ3v) is 4.38. The summed E-state index contributed by atoms with van der Waals surface area (Å²) in [7, 11) is 1.72. The van der Waals surface area contributed by atoms with Crippen molar-refractivity contribution in [3.63, 3.8) is 0 Å². The fourth-order valence-corrected chi connectivity index (χ4v) is 3.04. The van der Waals surface area contributed by atoms with Crippen LogP contribution in [0.4, 0.5) is 0 Å². The van der Waals surface area contributed by atoms with Gasteiger partial charge < -0.3 is 4.74 Å². The van der Waals surface area contributed by atoms with Gasteiger partial charge in [0.05, 0.1) is 7.11 Å². The second kappa shape index (κ2) is 5.16. The molecule has 3 rings (SSSR count). The van der Waals surface area contributed by atoms with Crippen molar-refractivity contribution in [3.8, 4) is 5.75 Å². The number of rotatable bonds is 4. The average Bonchev–Trinajstić information content (AvgIpc) is 2.48. The Balaban J connectivity index is 1.92. The summed E-state index contributed by atoms with van der Waals surface area (Å²) in [5.41, 5.74) is 4.35. The molecule has 102 valence electrons. The largest absolute Gasteiger partial charge is 0.497 e. The maximum Gasteiger partial charge on any atom is 0.119 e. The zero-order valence-electron chi connectivity index (χ0n) is 12.1. The number of hydrogen-bond acceptors (Lipinski definition) is 1. The van der Waals surface area contributed by atoms with Gasteiger partial charge in [0.15, 0.2) is 0 Å². The summed E-state index contributed by atoms with van der Waals surface area (Å²) in [4.78, 5) is 0. The van der Waals surface area contributed by atoms with Gasteiger partial charge in [-0.15, -0.1) is 0 Å². The normalized spacial score (nSPS) is 21.0. The van der Waals surface area contributed by atoms with E-state index in [0.29, 0.717) is 0 Å². The van der Waals surface area contributed by atoms with Crippen LogP contribution in [0.2, 0.25) is 0 Å². The summed E-state index contributed by atoms with van der Waals surface area (Å²) in [6, 6.07) is 19.2. The van der Waals surface area contributed by atoms with E-state index in [9.17, 15) is 0 Å². The Hall–Kier alpha value is -2.02. The zero-order valence-corrected chi connectivity index (χ0v) is 12.1. The Kier molecular flexibility index (Phi) is 3.35. The van der Waals surface area contributed by atoms with Gasteiger partial charge >= 0.3 is 0 Å². The Labute approximate surface area is 120 Å². The molecular formula is C19H20O. The van der Waals surface area contributed by atoms with Crippen LogP contribution in [-0.2, 0) is 5.41 Å². The van der Waals surface area contributed by atoms with Crippen LogP contribution >= 0.6 is 0 Å². The molecule has 0 bridgehead atoms. The van der Waals surface area contributed by atoms with Gasteiger partial charge in [0.25, 0.3) is 0 Å². The molecule has 0 radical (unpaired) electrons. The van der Waals surface area contributed by atoms with Crippen molar-refractivity contribution in [3.05, 3.63) is 71.8 Å². The van der Waals surface area contributed by atoms with Crippen LogP contribution in [0.5, 0.6) is 5.75 Å². The number of allylic oxidation sites excluding steroid dienone is 2. The topological polar surface area (TPSA) is 9.23 Å². The molecule has 0 N–H and O–H groups in total. The van der Waals surface area contributed by atoms with Gasteiger partial charge in [-0.1, -0.05) is 55.5 Å². The Morgan fingerprint density at radius 3 is 2.45 bits per heavy atom. The van der Waals surface area contributed by atoms with Crippen LogP contribution in [0.25, 0.3) is 5.57 Å². The van der Waals surface area contributed by atoms with E-state index >= 15 is 0 Å². The highest BCUT2D eigenvalue weighted by Crippen LogP contribution is 2.48. The molecule has 20 heavy (non-hydrogen) atoms. The van der Waals surface area contributed by atoms with Crippen LogP contribution in [0.15, 0.2) is 60.7 Å². The SMILES string of the molecule is CC[C@]1(c2ccccc2)C=C(c2cccc(OC)c2)C1. The fourth-order valence-electron chi connectivity index (χ4n) is 3.04. The van der Waals surface area contributed by atoms with E-state index in [2.05, 4.69) is 61.5 Å². The van der Waals surface area contributed by atoms with Crippen molar-refractivity contribution < 1.29 is 4.74 Å². The molecule has 0 aliphatic heterocycles.